The zero-order valence-electron chi connectivity index (χ0n) is 13.7. The molecule has 0 fully saturated rings. The molecule has 5 nitrogen and oxygen atoms in total. The van der Waals surface area contributed by atoms with Crippen LogP contribution < -0.4 is 4.74 Å². The van der Waals surface area contributed by atoms with Gasteiger partial charge in [0, 0.05) is 0 Å². The summed E-state index contributed by atoms with van der Waals surface area (Å²) in [6.45, 7) is 5.37. The number of esters is 1. The first-order valence-corrected chi connectivity index (χ1v) is 7.66. The van der Waals surface area contributed by atoms with E-state index in [2.05, 4.69) is 0 Å². The molecule has 2 aromatic rings. The molecule has 0 spiro atoms. The van der Waals surface area contributed by atoms with Crippen molar-refractivity contribution in [2.45, 2.75) is 26.8 Å². The van der Waals surface area contributed by atoms with Crippen LogP contribution in [-0.2, 0) is 4.79 Å². The second-order valence-corrected chi connectivity index (χ2v) is 5.87. The average molecular weight is 323 g/mol. The van der Waals surface area contributed by atoms with Gasteiger partial charge in [0.1, 0.15) is 11.8 Å². The Hall–Kier alpha value is -2.95. The van der Waals surface area contributed by atoms with Gasteiger partial charge in [-0.05, 0) is 56.2 Å². The van der Waals surface area contributed by atoms with Gasteiger partial charge in [-0.2, -0.15) is 0 Å². The molecule has 2 amide bonds. The number of ether oxygens (including phenoxy) is 1. The Morgan fingerprint density at radius 1 is 0.958 bits per heavy atom. The zero-order valence-corrected chi connectivity index (χ0v) is 13.7. The van der Waals surface area contributed by atoms with Crippen molar-refractivity contribution in [2.24, 2.45) is 0 Å². The van der Waals surface area contributed by atoms with Crippen LogP contribution >= 0.6 is 0 Å². The van der Waals surface area contributed by atoms with Crippen molar-refractivity contribution in [3.63, 3.8) is 0 Å². The number of hydrogen-bond acceptors (Lipinski definition) is 4. The van der Waals surface area contributed by atoms with E-state index in [4.69, 9.17) is 4.74 Å². The van der Waals surface area contributed by atoms with Gasteiger partial charge < -0.3 is 4.74 Å². The van der Waals surface area contributed by atoms with Crippen LogP contribution in [-0.4, -0.2) is 28.7 Å². The maximum atomic E-state index is 12.4. The molecule has 0 aliphatic carbocycles. The van der Waals surface area contributed by atoms with E-state index in [1.54, 1.807) is 36.4 Å². The summed E-state index contributed by atoms with van der Waals surface area (Å²) in [5, 5.41) is 0. The normalized spacial score (nSPS) is 14.5. The molecule has 2 aromatic carbocycles. The molecular formula is C19H17NO4. The molecule has 0 bridgehead atoms. The molecule has 122 valence electrons. The van der Waals surface area contributed by atoms with Gasteiger partial charge >= 0.3 is 5.97 Å². The quantitative estimate of drug-likeness (QED) is 0.495. The first-order chi connectivity index (χ1) is 11.4. The van der Waals surface area contributed by atoms with Crippen molar-refractivity contribution in [3.05, 3.63) is 64.7 Å². The zero-order chi connectivity index (χ0) is 17.4. The van der Waals surface area contributed by atoms with Crippen LogP contribution in [0.15, 0.2) is 42.5 Å². The molecule has 1 heterocycles. The summed E-state index contributed by atoms with van der Waals surface area (Å²) in [6, 6.07) is 10.8. The summed E-state index contributed by atoms with van der Waals surface area (Å²) in [7, 11) is 0. The topological polar surface area (TPSA) is 63.7 Å². The molecule has 1 atom stereocenters. The first kappa shape index (κ1) is 15.9. The van der Waals surface area contributed by atoms with Gasteiger partial charge in [-0.25, -0.2) is 4.79 Å². The summed E-state index contributed by atoms with van der Waals surface area (Å²) in [4.78, 5) is 38.1. The standard InChI is InChI=1S/C19H17NO4/c1-11-8-9-14(10-12(11)2)24-19(23)13(3)20-17(21)15-6-4-5-7-16(15)18(20)22/h4-10,13H,1-3H3/t13-/m0/s1. The SMILES string of the molecule is Cc1ccc(OC(=O)[C@H](C)N2C(=O)c3ccccc3C2=O)cc1C. The molecule has 24 heavy (non-hydrogen) atoms. The van der Waals surface area contributed by atoms with E-state index in [9.17, 15) is 14.4 Å². The number of hydrogen-bond donors (Lipinski definition) is 0. The van der Waals surface area contributed by atoms with Crippen LogP contribution in [0.25, 0.3) is 0 Å². The van der Waals surface area contributed by atoms with Gasteiger partial charge in [0.05, 0.1) is 11.1 Å². The fourth-order valence-electron chi connectivity index (χ4n) is 2.64. The van der Waals surface area contributed by atoms with E-state index in [-0.39, 0.29) is 0 Å². The minimum absolute atomic E-state index is 0.313. The molecule has 3 rings (SSSR count). The van der Waals surface area contributed by atoms with Crippen LogP contribution in [0.5, 0.6) is 5.75 Å². The number of rotatable bonds is 3. The van der Waals surface area contributed by atoms with Crippen LogP contribution in [0, 0.1) is 13.8 Å². The molecule has 1 aliphatic rings. The number of amides is 2. The number of aryl methyl sites for hydroxylation is 2. The van der Waals surface area contributed by atoms with Gasteiger partial charge in [0.25, 0.3) is 11.8 Å². The third kappa shape index (κ3) is 2.58. The minimum Gasteiger partial charge on any atom is -0.425 e. The van der Waals surface area contributed by atoms with Crippen LogP contribution in [0.3, 0.4) is 0 Å². The Labute approximate surface area is 139 Å². The third-order valence-corrected chi connectivity index (χ3v) is 4.25. The number of carbonyl (C=O) groups is 3. The first-order valence-electron chi connectivity index (χ1n) is 7.66. The van der Waals surface area contributed by atoms with Gasteiger partial charge in [-0.3, -0.25) is 14.5 Å². The Balaban J connectivity index is 1.80. The Bertz CT molecular complexity index is 821. The monoisotopic (exact) mass is 323 g/mol. The molecule has 0 radical (unpaired) electrons. The molecule has 0 saturated carbocycles. The highest BCUT2D eigenvalue weighted by Gasteiger charge is 2.41. The van der Waals surface area contributed by atoms with Crippen molar-refractivity contribution in [3.8, 4) is 5.75 Å². The lowest BCUT2D eigenvalue weighted by Gasteiger charge is -2.21. The summed E-state index contributed by atoms with van der Waals surface area (Å²) >= 11 is 0. The second kappa shape index (κ2) is 5.92. The highest BCUT2D eigenvalue weighted by molar-refractivity contribution is 6.22. The fourth-order valence-corrected chi connectivity index (χ4v) is 2.64. The summed E-state index contributed by atoms with van der Waals surface area (Å²) < 4.78 is 5.33. The van der Waals surface area contributed by atoms with E-state index in [1.165, 1.54) is 6.92 Å². The lowest BCUT2D eigenvalue weighted by molar-refractivity contribution is -0.138. The summed E-state index contributed by atoms with van der Waals surface area (Å²) in [5.74, 6) is -1.19. The maximum absolute atomic E-state index is 12.4. The predicted octanol–water partition coefficient (Wildman–Crippen LogP) is 2.89. The average Bonchev–Trinajstić information content (AvgIpc) is 2.82. The molecular weight excluding hydrogens is 306 g/mol. The molecule has 0 N–H and O–H groups in total. The van der Waals surface area contributed by atoms with Crippen molar-refractivity contribution >= 4 is 17.8 Å². The largest absolute Gasteiger partial charge is 0.425 e. The number of benzene rings is 2. The summed E-state index contributed by atoms with van der Waals surface area (Å²) in [5.41, 5.74) is 2.71. The molecule has 0 unspecified atom stereocenters. The van der Waals surface area contributed by atoms with Crippen molar-refractivity contribution in [1.29, 1.82) is 0 Å². The highest BCUT2D eigenvalue weighted by Crippen LogP contribution is 2.25. The lowest BCUT2D eigenvalue weighted by Crippen LogP contribution is -2.44. The molecule has 0 aromatic heterocycles. The Kier molecular flexibility index (Phi) is 3.93. The minimum atomic E-state index is -1.00. The molecule has 5 heteroatoms. The van der Waals surface area contributed by atoms with Crippen molar-refractivity contribution < 1.29 is 19.1 Å². The van der Waals surface area contributed by atoms with Crippen molar-refractivity contribution in [2.75, 3.05) is 0 Å². The highest BCUT2D eigenvalue weighted by atomic mass is 16.5. The van der Waals surface area contributed by atoms with Crippen molar-refractivity contribution in [1.82, 2.24) is 4.90 Å². The van der Waals surface area contributed by atoms with E-state index in [0.717, 1.165) is 16.0 Å². The number of fused-ring (bicyclic) bond motifs is 1. The van der Waals surface area contributed by atoms with E-state index >= 15 is 0 Å². The van der Waals surface area contributed by atoms with Crippen LogP contribution in [0.1, 0.15) is 38.8 Å². The number of nitrogens with zero attached hydrogens (tertiary/aromatic N) is 1. The van der Waals surface area contributed by atoms with Gasteiger partial charge in [-0.1, -0.05) is 18.2 Å². The molecule has 0 saturated heterocycles. The van der Waals surface area contributed by atoms with Crippen LogP contribution in [0.4, 0.5) is 0 Å². The van der Waals surface area contributed by atoms with Crippen LogP contribution in [0.2, 0.25) is 0 Å². The Morgan fingerprint density at radius 3 is 2.08 bits per heavy atom. The third-order valence-electron chi connectivity index (χ3n) is 4.25. The van der Waals surface area contributed by atoms with E-state index in [0.29, 0.717) is 16.9 Å². The predicted molar refractivity (Wildman–Crippen MR) is 88.0 cm³/mol. The maximum Gasteiger partial charge on any atom is 0.334 e. The number of imide groups is 1. The fraction of sp³-hybridized carbons (Fsp3) is 0.211. The smallest absolute Gasteiger partial charge is 0.334 e. The summed E-state index contributed by atoms with van der Waals surface area (Å²) in [6.07, 6.45) is 0. The van der Waals surface area contributed by atoms with Gasteiger partial charge in [-0.15, -0.1) is 0 Å². The molecule has 1 aliphatic heterocycles. The van der Waals surface area contributed by atoms with Gasteiger partial charge in [0.2, 0.25) is 0 Å². The van der Waals surface area contributed by atoms with E-state index < -0.39 is 23.8 Å². The number of carbonyl (C=O) groups excluding carboxylic acids is 3. The second-order valence-electron chi connectivity index (χ2n) is 5.87. The Morgan fingerprint density at radius 2 is 1.54 bits per heavy atom. The lowest BCUT2D eigenvalue weighted by atomic mass is 10.1. The van der Waals surface area contributed by atoms with Gasteiger partial charge in [0.15, 0.2) is 0 Å². The van der Waals surface area contributed by atoms with E-state index in [1.807, 2.05) is 19.9 Å².